The van der Waals surface area contributed by atoms with Gasteiger partial charge in [0.2, 0.25) is 17.6 Å². The van der Waals surface area contributed by atoms with Gasteiger partial charge in [0.25, 0.3) is 0 Å². The number of amides is 1. The van der Waals surface area contributed by atoms with Crippen molar-refractivity contribution in [2.24, 2.45) is 0 Å². The molecule has 1 aromatic heterocycles. The zero-order valence-corrected chi connectivity index (χ0v) is 14.2. The van der Waals surface area contributed by atoms with Gasteiger partial charge in [-0.3, -0.25) is 4.79 Å². The Bertz CT molecular complexity index is 911. The van der Waals surface area contributed by atoms with E-state index in [4.69, 9.17) is 16.1 Å². The number of carbonyl (C=O) groups excluding carboxylic acids is 1. The van der Waals surface area contributed by atoms with E-state index in [-0.39, 0.29) is 36.0 Å². The maximum absolute atomic E-state index is 13.7. The zero-order valence-electron chi connectivity index (χ0n) is 13.4. The molecule has 0 spiro atoms. The molecule has 3 aromatic rings. The van der Waals surface area contributed by atoms with Gasteiger partial charge in [0.15, 0.2) is 0 Å². The van der Waals surface area contributed by atoms with Crippen molar-refractivity contribution in [1.82, 2.24) is 10.1 Å². The first kappa shape index (κ1) is 17.1. The number of aromatic nitrogens is 2. The second-order valence-electron chi connectivity index (χ2n) is 5.50. The maximum Gasteiger partial charge on any atom is 0.227 e. The molecule has 5 nitrogen and oxygen atoms in total. The maximum atomic E-state index is 13.7. The number of halogens is 2. The van der Waals surface area contributed by atoms with Gasteiger partial charge < -0.3 is 9.84 Å². The van der Waals surface area contributed by atoms with E-state index in [0.717, 1.165) is 5.56 Å². The van der Waals surface area contributed by atoms with Gasteiger partial charge in [-0.1, -0.05) is 35.0 Å². The molecule has 0 unspecified atom stereocenters. The van der Waals surface area contributed by atoms with Crippen molar-refractivity contribution >= 4 is 23.2 Å². The van der Waals surface area contributed by atoms with Crippen molar-refractivity contribution in [2.45, 2.75) is 19.8 Å². The molecule has 2 aromatic carbocycles. The Morgan fingerprint density at radius 3 is 2.88 bits per heavy atom. The van der Waals surface area contributed by atoms with Gasteiger partial charge in [-0.2, -0.15) is 4.98 Å². The third-order valence-corrected chi connectivity index (χ3v) is 3.86. The molecule has 0 saturated heterocycles. The highest BCUT2D eigenvalue weighted by molar-refractivity contribution is 6.31. The lowest BCUT2D eigenvalue weighted by molar-refractivity contribution is -0.116. The molecular formula is C18H15ClFN3O2. The number of nitrogens with zero attached hydrogens (tertiary/aromatic N) is 2. The predicted molar refractivity (Wildman–Crippen MR) is 92.8 cm³/mol. The molecule has 1 heterocycles. The molecule has 3 rings (SSSR count). The molecule has 0 aliphatic rings. The van der Waals surface area contributed by atoms with Crippen molar-refractivity contribution < 1.29 is 13.7 Å². The second-order valence-corrected chi connectivity index (χ2v) is 5.94. The van der Waals surface area contributed by atoms with Gasteiger partial charge in [0, 0.05) is 23.6 Å². The molecular weight excluding hydrogens is 345 g/mol. The quantitative estimate of drug-likeness (QED) is 0.732. The lowest BCUT2D eigenvalue weighted by atomic mass is 10.2. The first-order valence-corrected chi connectivity index (χ1v) is 8.04. The molecule has 1 N–H and O–H groups in total. The molecule has 0 fully saturated rings. The van der Waals surface area contributed by atoms with E-state index in [1.54, 1.807) is 30.3 Å². The van der Waals surface area contributed by atoms with Crippen LogP contribution in [-0.4, -0.2) is 16.0 Å². The van der Waals surface area contributed by atoms with Crippen LogP contribution < -0.4 is 5.32 Å². The van der Waals surface area contributed by atoms with E-state index < -0.39 is 5.82 Å². The van der Waals surface area contributed by atoms with Crippen LogP contribution in [0.5, 0.6) is 0 Å². The number of anilines is 1. The van der Waals surface area contributed by atoms with Crippen molar-refractivity contribution in [3.63, 3.8) is 0 Å². The fourth-order valence-electron chi connectivity index (χ4n) is 2.27. The van der Waals surface area contributed by atoms with Crippen LogP contribution in [0.4, 0.5) is 10.1 Å². The predicted octanol–water partition coefficient (Wildman–Crippen LogP) is 4.41. The van der Waals surface area contributed by atoms with E-state index in [9.17, 15) is 9.18 Å². The minimum absolute atomic E-state index is 0.158. The van der Waals surface area contributed by atoms with Crippen molar-refractivity contribution in [2.75, 3.05) is 5.32 Å². The smallest absolute Gasteiger partial charge is 0.227 e. The van der Waals surface area contributed by atoms with Gasteiger partial charge in [0.1, 0.15) is 5.82 Å². The fraction of sp³-hybridized carbons (Fsp3) is 0.167. The summed E-state index contributed by atoms with van der Waals surface area (Å²) in [5.41, 5.74) is 1.84. The number of carbonyl (C=O) groups is 1. The summed E-state index contributed by atoms with van der Waals surface area (Å²) in [4.78, 5) is 16.2. The van der Waals surface area contributed by atoms with Gasteiger partial charge in [-0.25, -0.2) is 4.39 Å². The van der Waals surface area contributed by atoms with Crippen LogP contribution >= 0.6 is 11.6 Å². The van der Waals surface area contributed by atoms with Gasteiger partial charge in [0.05, 0.1) is 5.56 Å². The SMILES string of the molecule is Cc1ccc(Cl)cc1NC(=O)CCc1nc(-c2ccccc2F)no1. The summed E-state index contributed by atoms with van der Waals surface area (Å²) in [6.07, 6.45) is 0.414. The average molecular weight is 360 g/mol. The van der Waals surface area contributed by atoms with E-state index in [1.165, 1.54) is 6.07 Å². The van der Waals surface area contributed by atoms with Crippen molar-refractivity contribution in [1.29, 1.82) is 0 Å². The van der Waals surface area contributed by atoms with E-state index in [2.05, 4.69) is 15.5 Å². The third kappa shape index (κ3) is 4.22. The van der Waals surface area contributed by atoms with Crippen molar-refractivity contribution in [3.05, 3.63) is 64.8 Å². The summed E-state index contributed by atoms with van der Waals surface area (Å²) in [6, 6.07) is 11.4. The molecule has 0 saturated carbocycles. The van der Waals surface area contributed by atoms with Crippen LogP contribution in [0, 0.1) is 12.7 Å². The fourth-order valence-corrected chi connectivity index (χ4v) is 2.44. The minimum Gasteiger partial charge on any atom is -0.339 e. The standard InChI is InChI=1S/C18H15ClFN3O2/c1-11-6-7-12(19)10-15(11)21-16(24)8-9-17-22-18(23-25-17)13-4-2-3-5-14(13)20/h2-7,10H,8-9H2,1H3,(H,21,24). The summed E-state index contributed by atoms with van der Waals surface area (Å²) in [6.45, 7) is 1.88. The Morgan fingerprint density at radius 1 is 1.28 bits per heavy atom. The van der Waals surface area contributed by atoms with Gasteiger partial charge in [-0.05, 0) is 36.8 Å². The molecule has 25 heavy (non-hydrogen) atoms. The Labute approximate surface area is 148 Å². The highest BCUT2D eigenvalue weighted by atomic mass is 35.5. The number of hydrogen-bond acceptors (Lipinski definition) is 4. The molecule has 0 atom stereocenters. The highest BCUT2D eigenvalue weighted by Gasteiger charge is 2.14. The number of benzene rings is 2. The average Bonchev–Trinajstić information content (AvgIpc) is 3.05. The molecule has 128 valence electrons. The first-order chi connectivity index (χ1) is 12.0. The normalized spacial score (nSPS) is 10.7. The number of nitrogens with one attached hydrogen (secondary N) is 1. The minimum atomic E-state index is -0.427. The summed E-state index contributed by atoms with van der Waals surface area (Å²) < 4.78 is 18.8. The molecule has 0 bridgehead atoms. The Hall–Kier alpha value is -2.73. The Morgan fingerprint density at radius 2 is 2.08 bits per heavy atom. The second kappa shape index (κ2) is 7.44. The van der Waals surface area contributed by atoms with Crippen LogP contribution in [0.3, 0.4) is 0 Å². The zero-order chi connectivity index (χ0) is 17.8. The number of rotatable bonds is 5. The topological polar surface area (TPSA) is 68.0 Å². The van der Waals surface area contributed by atoms with Crippen LogP contribution in [-0.2, 0) is 11.2 Å². The summed E-state index contributed by atoms with van der Waals surface area (Å²) >= 11 is 5.93. The van der Waals surface area contributed by atoms with Gasteiger partial charge >= 0.3 is 0 Å². The van der Waals surface area contributed by atoms with Crippen molar-refractivity contribution in [3.8, 4) is 11.4 Å². The monoisotopic (exact) mass is 359 g/mol. The lowest BCUT2D eigenvalue weighted by Crippen LogP contribution is -2.13. The molecule has 0 aliphatic carbocycles. The van der Waals surface area contributed by atoms with Crippen LogP contribution in [0.25, 0.3) is 11.4 Å². The lowest BCUT2D eigenvalue weighted by Gasteiger charge is -2.08. The summed E-state index contributed by atoms with van der Waals surface area (Å²) in [7, 11) is 0. The molecule has 0 aliphatic heterocycles. The number of hydrogen-bond donors (Lipinski definition) is 1. The molecule has 7 heteroatoms. The summed E-state index contributed by atoms with van der Waals surface area (Å²) in [5.74, 6) is -0.185. The van der Waals surface area contributed by atoms with E-state index in [1.807, 2.05) is 13.0 Å². The number of aryl methyl sites for hydroxylation is 2. The van der Waals surface area contributed by atoms with E-state index in [0.29, 0.717) is 10.7 Å². The first-order valence-electron chi connectivity index (χ1n) is 7.66. The van der Waals surface area contributed by atoms with Crippen LogP contribution in [0.1, 0.15) is 17.9 Å². The van der Waals surface area contributed by atoms with Crippen LogP contribution in [0.15, 0.2) is 47.0 Å². The highest BCUT2D eigenvalue weighted by Crippen LogP contribution is 2.21. The molecule has 0 radical (unpaired) electrons. The Balaban J connectivity index is 1.61. The van der Waals surface area contributed by atoms with Gasteiger partial charge in [-0.15, -0.1) is 0 Å². The van der Waals surface area contributed by atoms with Crippen LogP contribution in [0.2, 0.25) is 5.02 Å². The third-order valence-electron chi connectivity index (χ3n) is 3.62. The van der Waals surface area contributed by atoms with E-state index >= 15 is 0 Å². The molecule has 1 amide bonds. The Kier molecular flexibility index (Phi) is 5.09. The largest absolute Gasteiger partial charge is 0.339 e. The summed E-state index contributed by atoms with van der Waals surface area (Å²) in [5, 5.41) is 7.10.